The van der Waals surface area contributed by atoms with Crippen molar-refractivity contribution < 1.29 is 19.2 Å². The van der Waals surface area contributed by atoms with Gasteiger partial charge in [0.2, 0.25) is 0 Å². The predicted molar refractivity (Wildman–Crippen MR) is 78.7 cm³/mol. The number of benzene rings is 1. The number of aromatic nitrogens is 1. The van der Waals surface area contributed by atoms with Crippen molar-refractivity contribution in [3.05, 3.63) is 35.6 Å². The molecule has 21 heavy (non-hydrogen) atoms. The summed E-state index contributed by atoms with van der Waals surface area (Å²) in [4.78, 5) is 11.4. The highest BCUT2D eigenvalue weighted by Crippen LogP contribution is 2.28. The van der Waals surface area contributed by atoms with E-state index in [0.29, 0.717) is 23.4 Å². The van der Waals surface area contributed by atoms with Crippen LogP contribution < -0.4 is 4.74 Å². The van der Waals surface area contributed by atoms with Gasteiger partial charge in [-0.05, 0) is 44.5 Å². The van der Waals surface area contributed by atoms with Crippen LogP contribution in [0.1, 0.15) is 43.3 Å². The van der Waals surface area contributed by atoms with E-state index in [4.69, 9.17) is 9.26 Å². The molecule has 1 heterocycles. The van der Waals surface area contributed by atoms with E-state index in [9.17, 15) is 9.90 Å². The van der Waals surface area contributed by atoms with Crippen LogP contribution >= 0.6 is 0 Å². The van der Waals surface area contributed by atoms with Gasteiger partial charge in [-0.25, -0.2) is 4.79 Å². The van der Waals surface area contributed by atoms with Crippen LogP contribution in [0.3, 0.4) is 0 Å². The van der Waals surface area contributed by atoms with Crippen molar-refractivity contribution in [2.75, 3.05) is 0 Å². The molecule has 0 saturated carbocycles. The zero-order valence-corrected chi connectivity index (χ0v) is 12.4. The van der Waals surface area contributed by atoms with Gasteiger partial charge in [0, 0.05) is 12.0 Å². The maximum atomic E-state index is 11.4. The van der Waals surface area contributed by atoms with E-state index in [-0.39, 0.29) is 11.7 Å². The quantitative estimate of drug-likeness (QED) is 0.876. The number of hydrogen-bond acceptors (Lipinski definition) is 4. The van der Waals surface area contributed by atoms with Gasteiger partial charge < -0.3 is 14.4 Å². The minimum absolute atomic E-state index is 0.0913. The summed E-state index contributed by atoms with van der Waals surface area (Å²) in [5.41, 5.74) is 1.21. The van der Waals surface area contributed by atoms with E-state index in [1.807, 2.05) is 20.8 Å². The molecule has 0 bridgehead atoms. The molecule has 0 radical (unpaired) electrons. The average Bonchev–Trinajstić information content (AvgIpc) is 2.83. The van der Waals surface area contributed by atoms with Crippen molar-refractivity contribution in [2.24, 2.45) is 0 Å². The lowest BCUT2D eigenvalue weighted by Gasteiger charge is -2.09. The van der Waals surface area contributed by atoms with Crippen LogP contribution in [0, 0.1) is 0 Å². The minimum atomic E-state index is -1.02. The van der Waals surface area contributed by atoms with Crippen LogP contribution in [0.2, 0.25) is 0 Å². The van der Waals surface area contributed by atoms with Crippen LogP contribution in [0.4, 0.5) is 0 Å². The van der Waals surface area contributed by atoms with Crippen LogP contribution in [0.15, 0.2) is 28.8 Å². The van der Waals surface area contributed by atoms with E-state index in [0.717, 1.165) is 12.2 Å². The second-order valence-corrected chi connectivity index (χ2v) is 5.08. The molecule has 0 unspecified atom stereocenters. The summed E-state index contributed by atoms with van der Waals surface area (Å²) in [7, 11) is 0. The van der Waals surface area contributed by atoms with Crippen LogP contribution in [0.5, 0.6) is 5.75 Å². The molecule has 1 aromatic heterocycles. The zero-order valence-electron chi connectivity index (χ0n) is 12.4. The molecule has 1 N–H and O–H groups in total. The standard InChI is InChI=1S/C16H19NO4/c1-4-5-13-14(16(18)19)15(17-21-13)11-6-8-12(9-7-11)20-10(2)3/h6-10H,4-5H2,1-3H3,(H,18,19). The molecule has 112 valence electrons. The zero-order chi connectivity index (χ0) is 15.4. The van der Waals surface area contributed by atoms with Gasteiger partial charge in [0.1, 0.15) is 17.0 Å². The SMILES string of the molecule is CCCc1onc(-c2ccc(OC(C)C)cc2)c1C(=O)O. The van der Waals surface area contributed by atoms with E-state index in [1.165, 1.54) is 0 Å². The Balaban J connectivity index is 2.35. The number of aryl methyl sites for hydroxylation is 1. The lowest BCUT2D eigenvalue weighted by molar-refractivity contribution is 0.0695. The fraction of sp³-hybridized carbons (Fsp3) is 0.375. The summed E-state index contributed by atoms with van der Waals surface area (Å²) >= 11 is 0. The maximum absolute atomic E-state index is 11.4. The molecule has 2 aromatic rings. The Morgan fingerprint density at radius 2 is 2.00 bits per heavy atom. The molecular formula is C16H19NO4. The van der Waals surface area contributed by atoms with Crippen LogP contribution in [-0.4, -0.2) is 22.3 Å². The molecule has 0 fully saturated rings. The number of carboxylic acids is 1. The lowest BCUT2D eigenvalue weighted by atomic mass is 10.0. The second kappa shape index (κ2) is 6.43. The van der Waals surface area contributed by atoms with E-state index < -0.39 is 5.97 Å². The Morgan fingerprint density at radius 3 is 2.52 bits per heavy atom. The van der Waals surface area contributed by atoms with Crippen molar-refractivity contribution in [3.8, 4) is 17.0 Å². The van der Waals surface area contributed by atoms with Crippen molar-refractivity contribution >= 4 is 5.97 Å². The van der Waals surface area contributed by atoms with E-state index in [1.54, 1.807) is 24.3 Å². The third-order valence-corrected chi connectivity index (χ3v) is 2.95. The van der Waals surface area contributed by atoms with Gasteiger partial charge in [-0.3, -0.25) is 0 Å². The molecule has 1 aromatic carbocycles. The number of aromatic carboxylic acids is 1. The fourth-order valence-electron chi connectivity index (χ4n) is 2.10. The normalized spacial score (nSPS) is 10.9. The summed E-state index contributed by atoms with van der Waals surface area (Å²) in [5, 5.41) is 13.3. The highest BCUT2D eigenvalue weighted by atomic mass is 16.5. The predicted octanol–water partition coefficient (Wildman–Crippen LogP) is 3.78. The number of ether oxygens (including phenoxy) is 1. The molecule has 0 spiro atoms. The molecule has 2 rings (SSSR count). The Bertz CT molecular complexity index is 614. The first-order valence-corrected chi connectivity index (χ1v) is 7.01. The fourth-order valence-corrected chi connectivity index (χ4v) is 2.10. The van der Waals surface area contributed by atoms with Gasteiger partial charge in [0.25, 0.3) is 0 Å². The first kappa shape index (κ1) is 15.1. The third kappa shape index (κ3) is 3.42. The highest BCUT2D eigenvalue weighted by molar-refractivity contribution is 5.95. The Morgan fingerprint density at radius 1 is 1.33 bits per heavy atom. The molecule has 0 amide bonds. The van der Waals surface area contributed by atoms with E-state index >= 15 is 0 Å². The van der Waals surface area contributed by atoms with Gasteiger partial charge in [-0.1, -0.05) is 12.1 Å². The Kier molecular flexibility index (Phi) is 4.62. The largest absolute Gasteiger partial charge is 0.491 e. The number of carbonyl (C=O) groups is 1. The van der Waals surface area contributed by atoms with Crippen molar-refractivity contribution in [1.82, 2.24) is 5.16 Å². The second-order valence-electron chi connectivity index (χ2n) is 5.08. The van der Waals surface area contributed by atoms with Crippen molar-refractivity contribution in [1.29, 1.82) is 0 Å². The highest BCUT2D eigenvalue weighted by Gasteiger charge is 2.22. The Hall–Kier alpha value is -2.30. The maximum Gasteiger partial charge on any atom is 0.341 e. The first-order valence-electron chi connectivity index (χ1n) is 7.01. The van der Waals surface area contributed by atoms with Gasteiger partial charge in [0.05, 0.1) is 6.10 Å². The minimum Gasteiger partial charge on any atom is -0.491 e. The van der Waals surface area contributed by atoms with Crippen LogP contribution in [0.25, 0.3) is 11.3 Å². The molecule has 5 nitrogen and oxygen atoms in total. The molecule has 0 aliphatic carbocycles. The molecular weight excluding hydrogens is 270 g/mol. The number of hydrogen-bond donors (Lipinski definition) is 1. The monoisotopic (exact) mass is 289 g/mol. The summed E-state index contributed by atoms with van der Waals surface area (Å²) in [6.45, 7) is 5.86. The van der Waals surface area contributed by atoms with Gasteiger partial charge >= 0.3 is 5.97 Å². The first-order chi connectivity index (χ1) is 10.0. The summed E-state index contributed by atoms with van der Waals surface area (Å²) in [5.74, 6) is 0.141. The summed E-state index contributed by atoms with van der Waals surface area (Å²) in [6.07, 6.45) is 1.45. The van der Waals surface area contributed by atoms with Gasteiger partial charge in [-0.2, -0.15) is 0 Å². The summed E-state index contributed by atoms with van der Waals surface area (Å²) < 4.78 is 10.8. The molecule has 0 atom stereocenters. The lowest BCUT2D eigenvalue weighted by Crippen LogP contribution is -2.05. The van der Waals surface area contributed by atoms with E-state index in [2.05, 4.69) is 5.16 Å². The Labute approximate surface area is 123 Å². The average molecular weight is 289 g/mol. The van der Waals surface area contributed by atoms with Crippen molar-refractivity contribution in [2.45, 2.75) is 39.7 Å². The smallest absolute Gasteiger partial charge is 0.341 e. The third-order valence-electron chi connectivity index (χ3n) is 2.95. The topological polar surface area (TPSA) is 72.6 Å². The molecule has 0 aliphatic heterocycles. The summed E-state index contributed by atoms with van der Waals surface area (Å²) in [6, 6.07) is 7.18. The van der Waals surface area contributed by atoms with Gasteiger partial charge in [-0.15, -0.1) is 0 Å². The number of rotatable bonds is 6. The molecule has 0 aliphatic rings. The van der Waals surface area contributed by atoms with Crippen molar-refractivity contribution in [3.63, 3.8) is 0 Å². The van der Waals surface area contributed by atoms with Crippen LogP contribution in [-0.2, 0) is 6.42 Å². The number of carboxylic acid groups (broad SMARTS) is 1. The number of nitrogens with zero attached hydrogens (tertiary/aromatic N) is 1. The molecule has 0 saturated heterocycles. The van der Waals surface area contributed by atoms with Gasteiger partial charge in [0.15, 0.2) is 5.76 Å². The molecule has 5 heteroatoms.